The first kappa shape index (κ1) is 14.4. The molecule has 1 heterocycles. The highest BCUT2D eigenvalue weighted by atomic mass is 79.9. The van der Waals surface area contributed by atoms with E-state index in [1.165, 1.54) is 57.3 Å². The molecule has 1 saturated carbocycles. The van der Waals surface area contributed by atoms with Crippen LogP contribution in [0, 0.1) is 5.41 Å². The number of nitrogens with zero attached hydrogens (tertiary/aromatic N) is 1. The quantitative estimate of drug-likeness (QED) is 0.848. The van der Waals surface area contributed by atoms with Crippen molar-refractivity contribution in [3.05, 3.63) is 28.2 Å². The van der Waals surface area contributed by atoms with E-state index in [4.69, 9.17) is 0 Å². The van der Waals surface area contributed by atoms with Crippen molar-refractivity contribution in [2.45, 2.75) is 51.6 Å². The molecule has 1 aromatic rings. The molecule has 1 aliphatic heterocycles. The lowest BCUT2D eigenvalue weighted by atomic mass is 9.77. The van der Waals surface area contributed by atoms with E-state index in [1.54, 1.807) is 0 Å². The SMILES string of the molecule is C[C@H](O)c1ccc(N2CCC3(CCCC3)CC2)cc1Br. The first-order valence-corrected chi connectivity index (χ1v) is 8.61. The second-order valence-electron chi connectivity index (χ2n) is 6.58. The Kier molecular flexibility index (Phi) is 4.09. The zero-order valence-corrected chi connectivity index (χ0v) is 13.8. The first-order chi connectivity index (χ1) is 9.60. The predicted octanol–water partition coefficient (Wildman–Crippen LogP) is 4.66. The molecule has 1 aliphatic carbocycles. The minimum Gasteiger partial charge on any atom is -0.389 e. The minimum absolute atomic E-state index is 0.415. The molecule has 1 N–H and O–H groups in total. The van der Waals surface area contributed by atoms with Gasteiger partial charge in [-0.3, -0.25) is 0 Å². The smallest absolute Gasteiger partial charge is 0.0772 e. The lowest BCUT2D eigenvalue weighted by Gasteiger charge is -2.40. The van der Waals surface area contributed by atoms with Gasteiger partial charge in [0, 0.05) is 23.2 Å². The van der Waals surface area contributed by atoms with E-state index in [-0.39, 0.29) is 0 Å². The van der Waals surface area contributed by atoms with Crippen molar-refractivity contribution in [3.63, 3.8) is 0 Å². The molecule has 0 unspecified atom stereocenters. The van der Waals surface area contributed by atoms with E-state index >= 15 is 0 Å². The number of benzene rings is 1. The highest BCUT2D eigenvalue weighted by Crippen LogP contribution is 2.46. The summed E-state index contributed by atoms with van der Waals surface area (Å²) in [5.74, 6) is 0. The van der Waals surface area contributed by atoms with Crippen molar-refractivity contribution < 1.29 is 5.11 Å². The highest BCUT2D eigenvalue weighted by molar-refractivity contribution is 9.10. The monoisotopic (exact) mass is 337 g/mol. The standard InChI is InChI=1S/C17H24BrNO/c1-13(20)15-5-4-14(12-16(15)18)19-10-8-17(9-11-19)6-2-3-7-17/h4-5,12-13,20H,2-3,6-11H2,1H3/t13-/m0/s1. The summed E-state index contributed by atoms with van der Waals surface area (Å²) < 4.78 is 1.02. The molecular formula is C17H24BrNO. The van der Waals surface area contributed by atoms with Crippen molar-refractivity contribution in [1.29, 1.82) is 0 Å². The zero-order chi connectivity index (χ0) is 14.2. The summed E-state index contributed by atoms with van der Waals surface area (Å²) in [5, 5.41) is 9.70. The molecule has 2 nitrogen and oxygen atoms in total. The van der Waals surface area contributed by atoms with Crippen LogP contribution in [0.4, 0.5) is 5.69 Å². The van der Waals surface area contributed by atoms with Gasteiger partial charge in [0.1, 0.15) is 0 Å². The third-order valence-corrected chi connectivity index (χ3v) is 5.97. The van der Waals surface area contributed by atoms with Gasteiger partial charge >= 0.3 is 0 Å². The van der Waals surface area contributed by atoms with Crippen LogP contribution in [-0.2, 0) is 0 Å². The van der Waals surface area contributed by atoms with Crippen molar-refractivity contribution in [3.8, 4) is 0 Å². The molecule has 3 rings (SSSR count). The van der Waals surface area contributed by atoms with Gasteiger partial charge in [0.2, 0.25) is 0 Å². The Morgan fingerprint density at radius 2 is 1.80 bits per heavy atom. The lowest BCUT2D eigenvalue weighted by molar-refractivity contribution is 0.198. The largest absolute Gasteiger partial charge is 0.389 e. The number of rotatable bonds is 2. The number of anilines is 1. The number of piperidine rings is 1. The van der Waals surface area contributed by atoms with Crippen molar-refractivity contribution in [2.24, 2.45) is 5.41 Å². The van der Waals surface area contributed by atoms with E-state index in [1.807, 2.05) is 13.0 Å². The summed E-state index contributed by atoms with van der Waals surface area (Å²) in [6.07, 6.45) is 8.06. The van der Waals surface area contributed by atoms with E-state index < -0.39 is 6.10 Å². The van der Waals surface area contributed by atoms with E-state index in [0.29, 0.717) is 5.41 Å². The fourth-order valence-electron chi connectivity index (χ4n) is 3.92. The first-order valence-electron chi connectivity index (χ1n) is 7.82. The molecule has 3 heteroatoms. The number of aliphatic hydroxyl groups excluding tert-OH is 1. The normalized spacial score (nSPS) is 23.2. The third kappa shape index (κ3) is 2.75. The Balaban J connectivity index is 1.70. The minimum atomic E-state index is -0.415. The van der Waals surface area contributed by atoms with E-state index in [2.05, 4.69) is 33.0 Å². The van der Waals surface area contributed by atoms with Crippen molar-refractivity contribution in [2.75, 3.05) is 18.0 Å². The summed E-state index contributed by atoms with van der Waals surface area (Å²) in [6.45, 7) is 4.17. The van der Waals surface area contributed by atoms with E-state index in [0.717, 1.165) is 10.0 Å². The molecule has 110 valence electrons. The Hall–Kier alpha value is -0.540. The summed E-state index contributed by atoms with van der Waals surface area (Å²) in [6, 6.07) is 6.36. The fourth-order valence-corrected chi connectivity index (χ4v) is 4.61. The summed E-state index contributed by atoms with van der Waals surface area (Å²) in [7, 11) is 0. The average molecular weight is 338 g/mol. The number of hydrogen-bond donors (Lipinski definition) is 1. The second kappa shape index (κ2) is 5.69. The van der Waals surface area contributed by atoms with Crippen LogP contribution in [0.15, 0.2) is 22.7 Å². The molecule has 0 amide bonds. The molecule has 1 atom stereocenters. The molecular weight excluding hydrogens is 314 g/mol. The molecule has 1 saturated heterocycles. The predicted molar refractivity (Wildman–Crippen MR) is 87.1 cm³/mol. The van der Waals surface area contributed by atoms with Gasteiger partial charge in [0.15, 0.2) is 0 Å². The van der Waals surface area contributed by atoms with Crippen LogP contribution in [-0.4, -0.2) is 18.2 Å². The molecule has 0 aromatic heterocycles. The average Bonchev–Trinajstić information content (AvgIpc) is 2.87. The number of hydrogen-bond acceptors (Lipinski definition) is 2. The van der Waals surface area contributed by atoms with Crippen LogP contribution in [0.25, 0.3) is 0 Å². The van der Waals surface area contributed by atoms with Gasteiger partial charge in [0.05, 0.1) is 6.10 Å². The molecule has 0 radical (unpaired) electrons. The molecule has 0 bridgehead atoms. The molecule has 1 aromatic carbocycles. The lowest BCUT2D eigenvalue weighted by Crippen LogP contribution is -2.38. The fraction of sp³-hybridized carbons (Fsp3) is 0.647. The summed E-state index contributed by atoms with van der Waals surface area (Å²) in [4.78, 5) is 2.50. The molecule has 2 aliphatic rings. The van der Waals surface area contributed by atoms with Gasteiger partial charge in [0.25, 0.3) is 0 Å². The maximum Gasteiger partial charge on any atom is 0.0772 e. The van der Waals surface area contributed by atoms with Crippen LogP contribution in [0.2, 0.25) is 0 Å². The van der Waals surface area contributed by atoms with Gasteiger partial charge in [-0.05, 0) is 55.7 Å². The Bertz CT molecular complexity index is 470. The van der Waals surface area contributed by atoms with Crippen LogP contribution < -0.4 is 4.90 Å². The van der Waals surface area contributed by atoms with Crippen LogP contribution >= 0.6 is 15.9 Å². The molecule has 2 fully saturated rings. The van der Waals surface area contributed by atoms with Crippen molar-refractivity contribution >= 4 is 21.6 Å². The van der Waals surface area contributed by atoms with E-state index in [9.17, 15) is 5.11 Å². The zero-order valence-electron chi connectivity index (χ0n) is 12.2. The maximum atomic E-state index is 9.70. The number of aliphatic hydroxyl groups is 1. The van der Waals surface area contributed by atoms with Gasteiger partial charge < -0.3 is 10.0 Å². The maximum absolute atomic E-state index is 9.70. The summed E-state index contributed by atoms with van der Waals surface area (Å²) in [5.41, 5.74) is 2.93. The third-order valence-electron chi connectivity index (χ3n) is 5.29. The number of halogens is 1. The van der Waals surface area contributed by atoms with Gasteiger partial charge in [-0.15, -0.1) is 0 Å². The molecule has 1 spiro atoms. The second-order valence-corrected chi connectivity index (χ2v) is 7.43. The van der Waals surface area contributed by atoms with Gasteiger partial charge in [-0.25, -0.2) is 0 Å². The van der Waals surface area contributed by atoms with Crippen LogP contribution in [0.1, 0.15) is 57.1 Å². The Morgan fingerprint density at radius 1 is 1.15 bits per heavy atom. The Morgan fingerprint density at radius 3 is 2.35 bits per heavy atom. The topological polar surface area (TPSA) is 23.5 Å². The molecule has 20 heavy (non-hydrogen) atoms. The van der Waals surface area contributed by atoms with Gasteiger partial charge in [-0.1, -0.05) is 34.8 Å². The van der Waals surface area contributed by atoms with Gasteiger partial charge in [-0.2, -0.15) is 0 Å². The highest BCUT2D eigenvalue weighted by Gasteiger charge is 2.36. The van der Waals surface area contributed by atoms with Crippen LogP contribution in [0.5, 0.6) is 0 Å². The van der Waals surface area contributed by atoms with Crippen LogP contribution in [0.3, 0.4) is 0 Å². The Labute approximate surface area is 130 Å². The van der Waals surface area contributed by atoms with Crippen molar-refractivity contribution in [1.82, 2.24) is 0 Å². The summed E-state index contributed by atoms with van der Waals surface area (Å²) >= 11 is 3.59.